The highest BCUT2D eigenvalue weighted by atomic mass is 127. The van der Waals surface area contributed by atoms with Crippen LogP contribution in [0.3, 0.4) is 0 Å². The van der Waals surface area contributed by atoms with E-state index in [9.17, 15) is 9.59 Å². The van der Waals surface area contributed by atoms with Gasteiger partial charge in [-0.3, -0.25) is 9.36 Å². The van der Waals surface area contributed by atoms with Gasteiger partial charge in [-0.15, -0.1) is 0 Å². The van der Waals surface area contributed by atoms with Crippen molar-refractivity contribution in [2.75, 3.05) is 27.9 Å². The van der Waals surface area contributed by atoms with Gasteiger partial charge in [0.25, 0.3) is 5.56 Å². The van der Waals surface area contributed by atoms with Crippen LogP contribution in [0.15, 0.2) is 49.8 Å². The number of nitrogens with zero attached hydrogens (tertiary/aromatic N) is 2. The zero-order valence-electron chi connectivity index (χ0n) is 21.1. The number of fused-ring (bicyclic) bond motifs is 1. The number of allylic oxidation sites excluding steroid dienone is 1. The monoisotopic (exact) mass is 824 g/mol. The molecule has 0 bridgehead atoms. The first-order chi connectivity index (χ1) is 18.1. The molecule has 0 spiro atoms. The van der Waals surface area contributed by atoms with Crippen LogP contribution in [0.4, 0.5) is 0 Å². The normalized spacial score (nSPS) is 15.2. The number of methoxy groups -OCH3 is 3. The van der Waals surface area contributed by atoms with E-state index in [1.807, 2.05) is 12.1 Å². The summed E-state index contributed by atoms with van der Waals surface area (Å²) in [6.07, 6.45) is 1.80. The van der Waals surface area contributed by atoms with Gasteiger partial charge in [0.2, 0.25) is 0 Å². The summed E-state index contributed by atoms with van der Waals surface area (Å²) in [7, 11) is 4.68. The lowest BCUT2D eigenvalue weighted by Gasteiger charge is -2.26. The van der Waals surface area contributed by atoms with Gasteiger partial charge in [0.1, 0.15) is 5.75 Å². The van der Waals surface area contributed by atoms with Crippen LogP contribution in [0, 0.1) is 7.14 Å². The lowest BCUT2D eigenvalue weighted by molar-refractivity contribution is -0.139. The number of hydrogen-bond donors (Lipinski definition) is 0. The molecule has 2 heterocycles. The predicted octanol–water partition coefficient (Wildman–Crippen LogP) is 4.80. The van der Waals surface area contributed by atoms with E-state index < -0.39 is 12.0 Å². The number of benzene rings is 2. The lowest BCUT2D eigenvalue weighted by Crippen LogP contribution is -2.40. The molecule has 2 aromatic carbocycles. The number of ether oxygens (including phenoxy) is 4. The zero-order valence-corrected chi connectivity index (χ0v) is 27.8. The second-order valence-corrected chi connectivity index (χ2v) is 12.3. The van der Waals surface area contributed by atoms with Crippen molar-refractivity contribution in [2.24, 2.45) is 4.99 Å². The molecule has 200 valence electrons. The van der Waals surface area contributed by atoms with E-state index >= 15 is 0 Å². The van der Waals surface area contributed by atoms with Crippen LogP contribution in [-0.4, -0.2) is 38.5 Å². The van der Waals surface area contributed by atoms with E-state index in [1.165, 1.54) is 23.0 Å². The summed E-state index contributed by atoms with van der Waals surface area (Å²) < 4.78 is 26.6. The summed E-state index contributed by atoms with van der Waals surface area (Å²) in [4.78, 5) is 32.3. The van der Waals surface area contributed by atoms with Crippen molar-refractivity contribution >= 4 is 84.5 Å². The van der Waals surface area contributed by atoms with E-state index in [-0.39, 0.29) is 17.7 Å². The van der Waals surface area contributed by atoms with Crippen molar-refractivity contribution in [1.29, 1.82) is 0 Å². The van der Waals surface area contributed by atoms with Gasteiger partial charge in [-0.25, -0.2) is 9.79 Å². The predicted molar refractivity (Wildman–Crippen MR) is 166 cm³/mol. The van der Waals surface area contributed by atoms with Gasteiger partial charge in [-0.2, -0.15) is 0 Å². The highest BCUT2D eigenvalue weighted by Gasteiger charge is 2.35. The molecule has 0 saturated carbocycles. The lowest BCUT2D eigenvalue weighted by atomic mass is 9.95. The highest BCUT2D eigenvalue weighted by Crippen LogP contribution is 2.40. The molecule has 0 unspecified atom stereocenters. The molecule has 12 heteroatoms. The third kappa shape index (κ3) is 5.41. The van der Waals surface area contributed by atoms with E-state index in [1.54, 1.807) is 46.3 Å². The first-order valence-electron chi connectivity index (χ1n) is 11.3. The molecule has 0 amide bonds. The Kier molecular flexibility index (Phi) is 9.25. The SMILES string of the molecule is CCOC(=O)C1=C(C)N=c2s/c(=C\c3cc(I)cc(I)c3OC)c(=O)n2[C@@H]1c1cc(OC)c(OC)cc1Br. The Morgan fingerprint density at radius 1 is 1.13 bits per heavy atom. The minimum absolute atomic E-state index is 0.185. The Balaban J connectivity index is 2.04. The van der Waals surface area contributed by atoms with Crippen LogP contribution in [0.5, 0.6) is 17.2 Å². The third-order valence-corrected chi connectivity index (χ3v) is 8.94. The van der Waals surface area contributed by atoms with E-state index in [0.717, 1.165) is 12.7 Å². The molecule has 0 N–H and O–H groups in total. The minimum atomic E-state index is -0.806. The molecule has 0 saturated heterocycles. The van der Waals surface area contributed by atoms with Crippen LogP contribution in [0.1, 0.15) is 31.0 Å². The summed E-state index contributed by atoms with van der Waals surface area (Å²) in [6, 6.07) is 6.66. The number of carbonyl (C=O) groups is 1. The van der Waals surface area contributed by atoms with Crippen molar-refractivity contribution in [3.63, 3.8) is 0 Å². The first kappa shape index (κ1) is 29.1. The third-order valence-electron chi connectivity index (χ3n) is 5.84. The molecule has 1 atom stereocenters. The number of aromatic nitrogens is 1. The van der Waals surface area contributed by atoms with Gasteiger partial charge < -0.3 is 18.9 Å². The Bertz CT molecular complexity index is 1650. The average Bonchev–Trinajstić information content (AvgIpc) is 3.17. The summed E-state index contributed by atoms with van der Waals surface area (Å²) in [5.74, 6) is 1.11. The summed E-state index contributed by atoms with van der Waals surface area (Å²) in [5.41, 5.74) is 1.88. The summed E-state index contributed by atoms with van der Waals surface area (Å²) >= 11 is 9.31. The van der Waals surface area contributed by atoms with Gasteiger partial charge in [0.05, 0.1) is 53.4 Å². The van der Waals surface area contributed by atoms with Crippen molar-refractivity contribution in [2.45, 2.75) is 19.9 Å². The largest absolute Gasteiger partial charge is 0.495 e. The summed E-state index contributed by atoms with van der Waals surface area (Å²) in [5, 5.41) is 0. The molecule has 3 aromatic rings. The van der Waals surface area contributed by atoms with Gasteiger partial charge >= 0.3 is 5.97 Å². The van der Waals surface area contributed by atoms with Gasteiger partial charge in [0.15, 0.2) is 16.3 Å². The second kappa shape index (κ2) is 12.1. The van der Waals surface area contributed by atoms with Crippen LogP contribution in [-0.2, 0) is 9.53 Å². The van der Waals surface area contributed by atoms with Crippen molar-refractivity contribution < 1.29 is 23.7 Å². The van der Waals surface area contributed by atoms with Crippen LogP contribution in [0.25, 0.3) is 6.08 Å². The van der Waals surface area contributed by atoms with Crippen LogP contribution < -0.4 is 29.1 Å². The Labute approximate surface area is 258 Å². The maximum Gasteiger partial charge on any atom is 0.338 e. The standard InChI is InChI=1S/C26H23BrI2N2O6S/c1-6-37-25(33)21-12(2)30-26-31(22(21)15-10-18(34-3)19(35-4)11-16(15)27)24(32)20(38-26)8-13-7-14(28)9-17(29)23(13)36-5/h7-11,22H,6H2,1-5H3/b20-8-/t22-/m1/s1. The van der Waals surface area contributed by atoms with Gasteiger partial charge in [-0.05, 0) is 94.9 Å². The van der Waals surface area contributed by atoms with Crippen LogP contribution in [0.2, 0.25) is 0 Å². The van der Waals surface area contributed by atoms with E-state index in [0.29, 0.717) is 42.3 Å². The van der Waals surface area contributed by atoms with Crippen molar-refractivity contribution in [3.8, 4) is 17.2 Å². The molecule has 38 heavy (non-hydrogen) atoms. The maximum absolute atomic E-state index is 14.0. The number of esters is 1. The first-order valence-corrected chi connectivity index (χ1v) is 15.1. The number of rotatable bonds is 7. The minimum Gasteiger partial charge on any atom is -0.495 e. The molecule has 0 fully saturated rings. The number of thiazole rings is 1. The molecule has 1 aromatic heterocycles. The zero-order chi connectivity index (χ0) is 27.7. The molecule has 1 aliphatic rings. The number of carbonyl (C=O) groups excluding carboxylic acids is 1. The van der Waals surface area contributed by atoms with E-state index in [2.05, 4.69) is 66.1 Å². The topological polar surface area (TPSA) is 88.4 Å². The van der Waals surface area contributed by atoms with Gasteiger partial charge in [0, 0.05) is 13.6 Å². The Morgan fingerprint density at radius 3 is 2.45 bits per heavy atom. The maximum atomic E-state index is 14.0. The highest BCUT2D eigenvalue weighted by molar-refractivity contribution is 14.1. The fraction of sp³-hybridized carbons (Fsp3) is 0.269. The quantitative estimate of drug-likeness (QED) is 0.252. The van der Waals surface area contributed by atoms with Crippen molar-refractivity contribution in [3.05, 3.63) is 78.0 Å². The number of halogens is 3. The van der Waals surface area contributed by atoms with Gasteiger partial charge in [-0.1, -0.05) is 27.3 Å². The fourth-order valence-corrected chi connectivity index (χ4v) is 7.90. The van der Waals surface area contributed by atoms with Crippen molar-refractivity contribution in [1.82, 2.24) is 4.57 Å². The molecule has 0 aliphatic carbocycles. The smallest absolute Gasteiger partial charge is 0.338 e. The number of hydrogen-bond acceptors (Lipinski definition) is 8. The molecular weight excluding hydrogens is 802 g/mol. The molecule has 1 aliphatic heterocycles. The van der Waals surface area contributed by atoms with E-state index in [4.69, 9.17) is 18.9 Å². The Hall–Kier alpha value is -1.91. The molecule has 8 nitrogen and oxygen atoms in total. The molecular formula is C26H23BrI2N2O6S. The average molecular weight is 825 g/mol. The van der Waals surface area contributed by atoms with Crippen LogP contribution >= 0.6 is 72.4 Å². The summed E-state index contributed by atoms with van der Waals surface area (Å²) in [6.45, 7) is 3.67. The second-order valence-electron chi connectivity index (χ2n) is 8.04. The fourth-order valence-electron chi connectivity index (χ4n) is 4.21. The Morgan fingerprint density at radius 2 is 1.82 bits per heavy atom. The molecule has 0 radical (unpaired) electrons. The molecule has 4 rings (SSSR count).